The number of nitrogens with one attached hydrogen (secondary N) is 2. The number of amides is 3. The Bertz CT molecular complexity index is 856. The highest BCUT2D eigenvalue weighted by Gasteiger charge is 2.35. The topological polar surface area (TPSA) is 78.5 Å². The van der Waals surface area contributed by atoms with Crippen molar-refractivity contribution in [3.05, 3.63) is 59.4 Å². The van der Waals surface area contributed by atoms with Gasteiger partial charge >= 0.3 is 0 Å². The number of nitrogens with zero attached hydrogens (tertiary/aromatic N) is 1. The van der Waals surface area contributed by atoms with Crippen molar-refractivity contribution in [3.63, 3.8) is 0 Å². The SMILES string of the molecule is O=C(CNC(=O)[C@@H]1CC(=O)N(c2ccc(F)cc2)C1)Nc1ccc(Cl)cc1. The number of hydrogen-bond acceptors (Lipinski definition) is 3. The smallest absolute Gasteiger partial charge is 0.243 e. The van der Waals surface area contributed by atoms with Crippen molar-refractivity contribution in [2.45, 2.75) is 6.42 Å². The fourth-order valence-electron chi connectivity index (χ4n) is 2.80. The van der Waals surface area contributed by atoms with E-state index in [1.807, 2.05) is 0 Å². The number of hydrogen-bond donors (Lipinski definition) is 2. The average molecular weight is 390 g/mol. The molecule has 1 aliphatic heterocycles. The summed E-state index contributed by atoms with van der Waals surface area (Å²) in [5.41, 5.74) is 1.11. The fraction of sp³-hybridized carbons (Fsp3) is 0.211. The van der Waals surface area contributed by atoms with E-state index < -0.39 is 11.7 Å². The number of carbonyl (C=O) groups is 3. The van der Waals surface area contributed by atoms with Crippen LogP contribution in [0.2, 0.25) is 5.02 Å². The van der Waals surface area contributed by atoms with Gasteiger partial charge in [0.05, 0.1) is 12.5 Å². The minimum atomic E-state index is -0.564. The summed E-state index contributed by atoms with van der Waals surface area (Å²) >= 11 is 5.78. The summed E-state index contributed by atoms with van der Waals surface area (Å²) in [6.07, 6.45) is 0.0437. The van der Waals surface area contributed by atoms with Crippen molar-refractivity contribution in [1.29, 1.82) is 0 Å². The minimum Gasteiger partial charge on any atom is -0.347 e. The molecule has 1 fully saturated rings. The third kappa shape index (κ3) is 4.83. The molecule has 0 aromatic heterocycles. The van der Waals surface area contributed by atoms with Gasteiger partial charge in [-0.3, -0.25) is 14.4 Å². The van der Waals surface area contributed by atoms with Crippen LogP contribution in [0.25, 0.3) is 0 Å². The van der Waals surface area contributed by atoms with Crippen molar-refractivity contribution in [3.8, 4) is 0 Å². The first-order valence-electron chi connectivity index (χ1n) is 8.31. The van der Waals surface area contributed by atoms with Gasteiger partial charge in [0.15, 0.2) is 0 Å². The lowest BCUT2D eigenvalue weighted by Gasteiger charge is -2.16. The lowest BCUT2D eigenvalue weighted by Crippen LogP contribution is -2.37. The largest absolute Gasteiger partial charge is 0.347 e. The first-order chi connectivity index (χ1) is 12.9. The van der Waals surface area contributed by atoms with Gasteiger partial charge in [-0.25, -0.2) is 4.39 Å². The maximum Gasteiger partial charge on any atom is 0.243 e. The van der Waals surface area contributed by atoms with E-state index in [2.05, 4.69) is 10.6 Å². The molecule has 1 heterocycles. The Kier molecular flexibility index (Phi) is 5.71. The first-order valence-corrected chi connectivity index (χ1v) is 8.69. The molecular formula is C19H17ClFN3O3. The van der Waals surface area contributed by atoms with Gasteiger partial charge in [0, 0.05) is 29.4 Å². The van der Waals surface area contributed by atoms with E-state index in [0.29, 0.717) is 16.4 Å². The van der Waals surface area contributed by atoms with Crippen molar-refractivity contribution in [2.75, 3.05) is 23.3 Å². The van der Waals surface area contributed by atoms with Crippen LogP contribution in [-0.2, 0) is 14.4 Å². The van der Waals surface area contributed by atoms with Gasteiger partial charge in [0.25, 0.3) is 0 Å². The molecule has 0 unspecified atom stereocenters. The lowest BCUT2D eigenvalue weighted by atomic mass is 10.1. The molecular weight excluding hydrogens is 373 g/mol. The first kappa shape index (κ1) is 18.8. The predicted molar refractivity (Wildman–Crippen MR) is 100.0 cm³/mol. The quantitative estimate of drug-likeness (QED) is 0.825. The van der Waals surface area contributed by atoms with Crippen LogP contribution >= 0.6 is 11.6 Å². The van der Waals surface area contributed by atoms with Crippen LogP contribution in [0.15, 0.2) is 48.5 Å². The highest BCUT2D eigenvalue weighted by atomic mass is 35.5. The van der Waals surface area contributed by atoms with E-state index >= 15 is 0 Å². The number of benzene rings is 2. The van der Waals surface area contributed by atoms with Gasteiger partial charge in [0.1, 0.15) is 5.82 Å². The molecule has 0 bridgehead atoms. The molecule has 6 nitrogen and oxygen atoms in total. The molecule has 2 N–H and O–H groups in total. The van der Waals surface area contributed by atoms with Crippen LogP contribution in [0.3, 0.4) is 0 Å². The zero-order valence-corrected chi connectivity index (χ0v) is 15.0. The second-order valence-corrected chi connectivity index (χ2v) is 6.59. The molecule has 2 aromatic carbocycles. The zero-order chi connectivity index (χ0) is 19.4. The van der Waals surface area contributed by atoms with Crippen LogP contribution in [0.1, 0.15) is 6.42 Å². The van der Waals surface area contributed by atoms with E-state index in [-0.39, 0.29) is 37.2 Å². The van der Waals surface area contributed by atoms with Crippen molar-refractivity contribution in [1.82, 2.24) is 5.32 Å². The third-order valence-electron chi connectivity index (χ3n) is 4.19. The Labute approximate surface area is 160 Å². The predicted octanol–water partition coefficient (Wildman–Crippen LogP) is 2.59. The van der Waals surface area contributed by atoms with E-state index in [1.165, 1.54) is 29.2 Å². The molecule has 27 heavy (non-hydrogen) atoms. The van der Waals surface area contributed by atoms with Gasteiger partial charge in [0.2, 0.25) is 17.7 Å². The number of carbonyl (C=O) groups excluding carboxylic acids is 3. The summed E-state index contributed by atoms with van der Waals surface area (Å²) < 4.78 is 13.0. The molecule has 2 aromatic rings. The highest BCUT2D eigenvalue weighted by molar-refractivity contribution is 6.30. The Hall–Kier alpha value is -2.93. The Morgan fingerprint density at radius 3 is 2.44 bits per heavy atom. The standard InChI is InChI=1S/C19H17ClFN3O3/c20-13-1-5-15(6-2-13)23-17(25)10-22-19(27)12-9-18(26)24(11-12)16-7-3-14(21)4-8-16/h1-8,12H,9-11H2,(H,22,27)(H,23,25)/t12-/m1/s1. The van der Waals surface area contributed by atoms with Gasteiger partial charge < -0.3 is 15.5 Å². The third-order valence-corrected chi connectivity index (χ3v) is 4.44. The number of rotatable bonds is 5. The lowest BCUT2D eigenvalue weighted by molar-refractivity contribution is -0.127. The molecule has 140 valence electrons. The second kappa shape index (κ2) is 8.18. The Balaban J connectivity index is 1.51. The molecule has 0 saturated carbocycles. The molecule has 1 saturated heterocycles. The maximum absolute atomic E-state index is 13.0. The summed E-state index contributed by atoms with van der Waals surface area (Å²) in [5.74, 6) is -1.94. The van der Waals surface area contributed by atoms with Crippen molar-refractivity contribution < 1.29 is 18.8 Å². The van der Waals surface area contributed by atoms with Gasteiger partial charge in [-0.1, -0.05) is 11.6 Å². The summed E-state index contributed by atoms with van der Waals surface area (Å²) in [6.45, 7) is -0.0161. The van der Waals surface area contributed by atoms with Crippen molar-refractivity contribution >= 4 is 40.7 Å². The minimum absolute atomic E-state index is 0.0437. The summed E-state index contributed by atoms with van der Waals surface area (Å²) in [6, 6.07) is 12.1. The molecule has 3 amide bonds. The van der Waals surface area contributed by atoms with E-state index in [1.54, 1.807) is 24.3 Å². The molecule has 8 heteroatoms. The van der Waals surface area contributed by atoms with Gasteiger partial charge in [-0.05, 0) is 48.5 Å². The van der Waals surface area contributed by atoms with E-state index in [0.717, 1.165) is 0 Å². The van der Waals surface area contributed by atoms with Crippen LogP contribution in [-0.4, -0.2) is 30.8 Å². The molecule has 1 aliphatic rings. The normalized spacial score (nSPS) is 16.3. The second-order valence-electron chi connectivity index (χ2n) is 6.15. The van der Waals surface area contributed by atoms with E-state index in [9.17, 15) is 18.8 Å². The summed E-state index contributed by atoms with van der Waals surface area (Å²) in [5, 5.41) is 5.73. The summed E-state index contributed by atoms with van der Waals surface area (Å²) in [4.78, 5) is 37.8. The molecule has 3 rings (SSSR count). The van der Waals surface area contributed by atoms with Gasteiger partial charge in [-0.2, -0.15) is 0 Å². The summed E-state index contributed by atoms with van der Waals surface area (Å²) in [7, 11) is 0. The zero-order valence-electron chi connectivity index (χ0n) is 14.2. The van der Waals surface area contributed by atoms with E-state index in [4.69, 9.17) is 11.6 Å². The molecule has 1 atom stereocenters. The van der Waals surface area contributed by atoms with Crippen molar-refractivity contribution in [2.24, 2.45) is 5.92 Å². The van der Waals surface area contributed by atoms with Gasteiger partial charge in [-0.15, -0.1) is 0 Å². The average Bonchev–Trinajstić information content (AvgIpc) is 3.04. The Morgan fingerprint density at radius 2 is 1.78 bits per heavy atom. The van der Waals surface area contributed by atoms with Crippen LogP contribution in [0.4, 0.5) is 15.8 Å². The number of halogens is 2. The maximum atomic E-state index is 13.0. The van der Waals surface area contributed by atoms with Crippen LogP contribution < -0.4 is 15.5 Å². The highest BCUT2D eigenvalue weighted by Crippen LogP contribution is 2.25. The number of anilines is 2. The Morgan fingerprint density at radius 1 is 1.11 bits per heavy atom. The van der Waals surface area contributed by atoms with Crippen LogP contribution in [0.5, 0.6) is 0 Å². The van der Waals surface area contributed by atoms with Crippen LogP contribution in [0, 0.1) is 11.7 Å². The molecule has 0 spiro atoms. The monoisotopic (exact) mass is 389 g/mol. The molecule has 0 radical (unpaired) electrons. The fourth-order valence-corrected chi connectivity index (χ4v) is 2.93. The molecule has 0 aliphatic carbocycles.